The molecule has 162 valence electrons. The molecule has 2 aromatic rings. The molecule has 0 bridgehead atoms. The van der Waals surface area contributed by atoms with Gasteiger partial charge in [-0.2, -0.15) is 0 Å². The maximum absolute atomic E-state index is 12.7. The van der Waals surface area contributed by atoms with Gasteiger partial charge in [0.2, 0.25) is 11.8 Å². The van der Waals surface area contributed by atoms with Gasteiger partial charge in [-0.25, -0.2) is 4.79 Å². The van der Waals surface area contributed by atoms with Crippen LogP contribution in [0.25, 0.3) is 0 Å². The molecule has 7 nitrogen and oxygen atoms in total. The number of benzene rings is 2. The number of rotatable bonds is 5. The number of hydrogen-bond donors (Lipinski definition) is 2. The number of nitrogens with two attached hydrogens (primary N) is 1. The van der Waals surface area contributed by atoms with Gasteiger partial charge in [0.15, 0.2) is 0 Å². The summed E-state index contributed by atoms with van der Waals surface area (Å²) in [5.74, 6) is -0.273. The summed E-state index contributed by atoms with van der Waals surface area (Å²) in [6.07, 6.45) is 1.57. The normalized spacial score (nSPS) is 22.4. The molecular formula is C24H27N3O4. The highest BCUT2D eigenvalue weighted by Gasteiger charge is 2.48. The van der Waals surface area contributed by atoms with Crippen molar-refractivity contribution in [1.82, 2.24) is 5.32 Å². The predicted octanol–water partition coefficient (Wildman–Crippen LogP) is 3.53. The summed E-state index contributed by atoms with van der Waals surface area (Å²) in [6.45, 7) is 3.74. The summed E-state index contributed by atoms with van der Waals surface area (Å²) in [5.41, 5.74) is 8.13. The van der Waals surface area contributed by atoms with Crippen LogP contribution in [0.5, 0.6) is 0 Å². The summed E-state index contributed by atoms with van der Waals surface area (Å²) in [4.78, 5) is 38.8. The molecule has 0 saturated heterocycles. The van der Waals surface area contributed by atoms with E-state index in [1.807, 2.05) is 42.2 Å². The van der Waals surface area contributed by atoms with E-state index in [9.17, 15) is 14.4 Å². The van der Waals surface area contributed by atoms with Crippen molar-refractivity contribution >= 4 is 23.6 Å². The van der Waals surface area contributed by atoms with Crippen molar-refractivity contribution in [3.05, 3.63) is 65.2 Å². The standard InChI is InChI=1S/C24H27N3O4/c1-14-21(26-24(30)31-13-16-6-4-3-5-7-16)19-12-18(23(25)29)10-11-20(19)27(15(2)28)22(14)17-8-9-17/h3-7,10-12,14,17,21-22H,8-9,13H2,1-2H3,(H2,25,29)(H,26,30)/t14-,21-,22-/m1/s1. The zero-order valence-corrected chi connectivity index (χ0v) is 17.7. The third-order valence-corrected chi connectivity index (χ3v) is 6.20. The third-order valence-electron chi connectivity index (χ3n) is 6.20. The number of nitrogens with zero attached hydrogens (tertiary/aromatic N) is 1. The molecule has 3 amide bonds. The molecular weight excluding hydrogens is 394 g/mol. The topological polar surface area (TPSA) is 102 Å². The van der Waals surface area contributed by atoms with Crippen molar-refractivity contribution in [3.63, 3.8) is 0 Å². The molecule has 2 aromatic carbocycles. The van der Waals surface area contributed by atoms with Crippen LogP contribution in [0.4, 0.5) is 10.5 Å². The fraction of sp³-hybridized carbons (Fsp3) is 0.375. The molecule has 0 spiro atoms. The number of ether oxygens (including phenoxy) is 1. The summed E-state index contributed by atoms with van der Waals surface area (Å²) < 4.78 is 5.44. The Labute approximate surface area is 181 Å². The van der Waals surface area contributed by atoms with Crippen LogP contribution in [0.15, 0.2) is 48.5 Å². The smallest absolute Gasteiger partial charge is 0.407 e. The molecule has 3 N–H and O–H groups in total. The molecule has 7 heteroatoms. The quantitative estimate of drug-likeness (QED) is 0.771. The van der Waals surface area contributed by atoms with Crippen molar-refractivity contribution in [2.24, 2.45) is 17.6 Å². The van der Waals surface area contributed by atoms with Gasteiger partial charge in [0, 0.05) is 30.1 Å². The lowest BCUT2D eigenvalue weighted by atomic mass is 9.79. The predicted molar refractivity (Wildman–Crippen MR) is 116 cm³/mol. The average Bonchev–Trinajstić information content (AvgIpc) is 3.59. The van der Waals surface area contributed by atoms with E-state index >= 15 is 0 Å². The van der Waals surface area contributed by atoms with Gasteiger partial charge < -0.3 is 20.7 Å². The first-order chi connectivity index (χ1) is 14.9. The third kappa shape index (κ3) is 4.26. The molecule has 3 atom stereocenters. The van der Waals surface area contributed by atoms with Crippen molar-refractivity contribution in [2.45, 2.75) is 45.4 Å². The van der Waals surface area contributed by atoms with Crippen molar-refractivity contribution in [3.8, 4) is 0 Å². The fourth-order valence-corrected chi connectivity index (χ4v) is 4.61. The van der Waals surface area contributed by atoms with Gasteiger partial charge >= 0.3 is 6.09 Å². The molecule has 4 rings (SSSR count). The molecule has 1 heterocycles. The van der Waals surface area contributed by atoms with Crippen LogP contribution in [-0.2, 0) is 16.1 Å². The maximum Gasteiger partial charge on any atom is 0.407 e. The molecule has 31 heavy (non-hydrogen) atoms. The Hall–Kier alpha value is -3.35. The Balaban J connectivity index is 1.64. The summed E-state index contributed by atoms with van der Waals surface area (Å²) >= 11 is 0. The van der Waals surface area contributed by atoms with E-state index in [1.165, 1.54) is 0 Å². The Kier molecular flexibility index (Phi) is 5.67. The first-order valence-electron chi connectivity index (χ1n) is 10.6. The van der Waals surface area contributed by atoms with E-state index < -0.39 is 18.0 Å². The lowest BCUT2D eigenvalue weighted by molar-refractivity contribution is -0.117. The highest BCUT2D eigenvalue weighted by Crippen LogP contribution is 2.49. The monoisotopic (exact) mass is 421 g/mol. The highest BCUT2D eigenvalue weighted by atomic mass is 16.5. The molecule has 1 aliphatic heterocycles. The van der Waals surface area contributed by atoms with Gasteiger partial charge in [0.05, 0.1) is 6.04 Å². The lowest BCUT2D eigenvalue weighted by Crippen LogP contribution is -2.53. The van der Waals surface area contributed by atoms with Crippen molar-refractivity contribution in [1.29, 1.82) is 0 Å². The second kappa shape index (κ2) is 8.41. The number of hydrogen-bond acceptors (Lipinski definition) is 4. The molecule has 2 aliphatic rings. The average molecular weight is 421 g/mol. The van der Waals surface area contributed by atoms with Crippen molar-refractivity contribution < 1.29 is 19.1 Å². The van der Waals surface area contributed by atoms with Gasteiger partial charge in [0.25, 0.3) is 0 Å². The van der Waals surface area contributed by atoms with Crippen LogP contribution >= 0.6 is 0 Å². The van der Waals surface area contributed by atoms with Gasteiger partial charge in [0.1, 0.15) is 6.61 Å². The molecule has 0 radical (unpaired) electrons. The van der Waals surface area contributed by atoms with E-state index in [1.54, 1.807) is 25.1 Å². The number of carbonyl (C=O) groups excluding carboxylic acids is 3. The largest absolute Gasteiger partial charge is 0.445 e. The molecule has 0 aromatic heterocycles. The zero-order chi connectivity index (χ0) is 22.1. The van der Waals surface area contributed by atoms with E-state index in [-0.39, 0.29) is 24.5 Å². The minimum Gasteiger partial charge on any atom is -0.445 e. The van der Waals surface area contributed by atoms with Crippen LogP contribution in [0, 0.1) is 11.8 Å². The zero-order valence-electron chi connectivity index (χ0n) is 17.7. The number of anilines is 1. The fourth-order valence-electron chi connectivity index (χ4n) is 4.61. The summed E-state index contributed by atoms with van der Waals surface area (Å²) in [5, 5.41) is 2.98. The lowest BCUT2D eigenvalue weighted by Gasteiger charge is -2.45. The van der Waals surface area contributed by atoms with E-state index in [0.29, 0.717) is 22.7 Å². The summed E-state index contributed by atoms with van der Waals surface area (Å²) in [7, 11) is 0. The molecule has 1 aliphatic carbocycles. The van der Waals surface area contributed by atoms with Crippen LogP contribution in [0.2, 0.25) is 0 Å². The van der Waals surface area contributed by atoms with Crippen LogP contribution in [0.1, 0.15) is 54.2 Å². The number of alkyl carbamates (subject to hydrolysis) is 1. The number of primary amides is 1. The Morgan fingerprint density at radius 3 is 2.45 bits per heavy atom. The van der Waals surface area contributed by atoms with Crippen molar-refractivity contribution in [2.75, 3.05) is 4.90 Å². The maximum atomic E-state index is 12.7. The highest BCUT2D eigenvalue weighted by molar-refractivity contribution is 5.97. The SMILES string of the molecule is CC(=O)N1c2ccc(C(N)=O)cc2[C@H](NC(=O)OCc2ccccc2)[C@@H](C)[C@@H]1C1CC1. The first-order valence-corrected chi connectivity index (χ1v) is 10.6. The Morgan fingerprint density at radius 1 is 1.13 bits per heavy atom. The van der Waals surface area contributed by atoms with Gasteiger partial charge in [-0.1, -0.05) is 37.3 Å². The molecule has 0 unspecified atom stereocenters. The number of fused-ring (bicyclic) bond motifs is 1. The van der Waals surface area contributed by atoms with Crippen LogP contribution in [0.3, 0.4) is 0 Å². The Morgan fingerprint density at radius 2 is 1.84 bits per heavy atom. The second-order valence-electron chi connectivity index (χ2n) is 8.40. The van der Waals surface area contributed by atoms with E-state index in [4.69, 9.17) is 10.5 Å². The number of carbonyl (C=O) groups is 3. The molecule has 1 saturated carbocycles. The van der Waals surface area contributed by atoms with Crippen LogP contribution < -0.4 is 16.0 Å². The van der Waals surface area contributed by atoms with Gasteiger partial charge in [-0.3, -0.25) is 9.59 Å². The van der Waals surface area contributed by atoms with Crippen LogP contribution in [-0.4, -0.2) is 23.9 Å². The first kappa shape index (κ1) is 20.9. The number of amides is 3. The van der Waals surface area contributed by atoms with Gasteiger partial charge in [-0.05, 0) is 48.1 Å². The van der Waals surface area contributed by atoms with E-state index in [2.05, 4.69) is 5.32 Å². The van der Waals surface area contributed by atoms with Gasteiger partial charge in [-0.15, -0.1) is 0 Å². The Bertz CT molecular complexity index is 1000. The minimum atomic E-state index is -0.556. The second-order valence-corrected chi connectivity index (χ2v) is 8.40. The molecule has 1 fully saturated rings. The minimum absolute atomic E-state index is 0.0242. The summed E-state index contributed by atoms with van der Waals surface area (Å²) in [6, 6.07) is 14.1. The number of nitrogens with one attached hydrogen (secondary N) is 1. The van der Waals surface area contributed by atoms with E-state index in [0.717, 1.165) is 18.4 Å².